The minimum atomic E-state index is -0.580. The van der Waals surface area contributed by atoms with Crippen molar-refractivity contribution in [3.8, 4) is 17.0 Å². The first-order valence-corrected chi connectivity index (χ1v) is 12.8. The lowest BCUT2D eigenvalue weighted by molar-refractivity contribution is 0.179. The summed E-state index contributed by atoms with van der Waals surface area (Å²) in [7, 11) is 0. The highest BCUT2D eigenvalue weighted by Gasteiger charge is 2.43. The Labute approximate surface area is 212 Å². The zero-order valence-corrected chi connectivity index (χ0v) is 20.4. The van der Waals surface area contributed by atoms with Crippen molar-refractivity contribution in [2.24, 2.45) is 0 Å². The Hall–Kier alpha value is -3.39. The van der Waals surface area contributed by atoms with Gasteiger partial charge in [0.2, 0.25) is 11.4 Å². The van der Waals surface area contributed by atoms with Gasteiger partial charge in [-0.3, -0.25) is 4.79 Å². The van der Waals surface area contributed by atoms with Gasteiger partial charge in [-0.1, -0.05) is 11.6 Å². The SMILES string of the molecule is O=C(Nc1cc(Cl)c(-c2ccc(OC3CCCC3)nc2)cc1F)N1[C@H]2CC[C@@H]1c1c[nH]c(=O)cc1C2. The number of fused-ring (bicyclic) bond motifs is 4. The van der Waals surface area contributed by atoms with E-state index in [1.165, 1.54) is 25.0 Å². The molecule has 1 aliphatic carbocycles. The number of carbonyl (C=O) groups excluding carboxylic acids is 1. The van der Waals surface area contributed by atoms with E-state index in [1.807, 2.05) is 6.07 Å². The molecule has 0 unspecified atom stereocenters. The standard InChI is InChI=1S/C27H26ClFN4O3/c28-21-12-23(22(29)11-19(21)15-5-8-26(31-13-15)36-18-3-1-2-4-18)32-27(35)33-17-6-7-24(33)20-14-30-25(34)10-16(20)9-17/h5,8,10-14,17-18,24H,1-4,6-7,9H2,(H,30,34)(H,32,35)/t17-,24+/m0/s1. The number of nitrogens with zero attached hydrogens (tertiary/aromatic N) is 2. The number of H-pyrrole nitrogens is 1. The quantitative estimate of drug-likeness (QED) is 0.463. The highest BCUT2D eigenvalue weighted by Crippen LogP contribution is 2.43. The van der Waals surface area contributed by atoms with E-state index in [-0.39, 0.29) is 35.5 Å². The Morgan fingerprint density at radius 3 is 2.78 bits per heavy atom. The molecule has 0 radical (unpaired) electrons. The van der Waals surface area contributed by atoms with Crippen molar-refractivity contribution in [2.75, 3.05) is 5.32 Å². The Morgan fingerprint density at radius 1 is 1.17 bits per heavy atom. The van der Waals surface area contributed by atoms with Gasteiger partial charge in [-0.05, 0) is 74.3 Å². The molecule has 6 rings (SSSR count). The van der Waals surface area contributed by atoms with Crippen molar-refractivity contribution in [3.05, 3.63) is 75.0 Å². The van der Waals surface area contributed by atoms with E-state index >= 15 is 4.39 Å². The molecule has 2 atom stereocenters. The molecular weight excluding hydrogens is 483 g/mol. The van der Waals surface area contributed by atoms with Gasteiger partial charge in [0.1, 0.15) is 11.9 Å². The number of urea groups is 1. The van der Waals surface area contributed by atoms with Crippen LogP contribution >= 0.6 is 11.6 Å². The first kappa shape index (κ1) is 23.0. The fourth-order valence-corrected chi connectivity index (χ4v) is 6.06. The van der Waals surface area contributed by atoms with Crippen molar-refractivity contribution in [2.45, 2.75) is 63.1 Å². The van der Waals surface area contributed by atoms with Crippen LogP contribution in [0.5, 0.6) is 5.88 Å². The van der Waals surface area contributed by atoms with Gasteiger partial charge >= 0.3 is 6.03 Å². The molecular formula is C27H26ClFN4O3. The minimum Gasteiger partial charge on any atom is -0.474 e. The largest absolute Gasteiger partial charge is 0.474 e. The van der Waals surface area contributed by atoms with Gasteiger partial charge < -0.3 is 19.9 Å². The number of benzene rings is 1. The van der Waals surface area contributed by atoms with Crippen LogP contribution in [0.15, 0.2) is 47.5 Å². The van der Waals surface area contributed by atoms with E-state index in [9.17, 15) is 9.59 Å². The smallest absolute Gasteiger partial charge is 0.322 e. The van der Waals surface area contributed by atoms with Gasteiger partial charge in [-0.15, -0.1) is 0 Å². The number of rotatable bonds is 4. The molecule has 2 fully saturated rings. The van der Waals surface area contributed by atoms with Crippen LogP contribution in [-0.4, -0.2) is 33.0 Å². The third-order valence-corrected chi connectivity index (χ3v) is 7.85. The first-order chi connectivity index (χ1) is 17.5. The van der Waals surface area contributed by atoms with E-state index in [2.05, 4.69) is 15.3 Å². The summed E-state index contributed by atoms with van der Waals surface area (Å²) in [5, 5.41) is 3.02. The van der Waals surface area contributed by atoms with E-state index in [0.717, 1.165) is 36.8 Å². The first-order valence-electron chi connectivity index (χ1n) is 12.4. The topological polar surface area (TPSA) is 87.3 Å². The normalized spacial score (nSPS) is 20.9. The van der Waals surface area contributed by atoms with Crippen molar-refractivity contribution >= 4 is 23.3 Å². The number of amides is 2. The lowest BCUT2D eigenvalue weighted by Gasteiger charge is -2.36. The second kappa shape index (κ2) is 9.24. The molecule has 2 bridgehead atoms. The third-order valence-electron chi connectivity index (χ3n) is 7.53. The van der Waals surface area contributed by atoms with Gasteiger partial charge in [-0.2, -0.15) is 0 Å². The van der Waals surface area contributed by atoms with Crippen LogP contribution < -0.4 is 15.6 Å². The second-order valence-corrected chi connectivity index (χ2v) is 10.2. The number of ether oxygens (including phenoxy) is 1. The predicted molar refractivity (Wildman–Crippen MR) is 135 cm³/mol. The lowest BCUT2D eigenvalue weighted by Crippen LogP contribution is -2.44. The molecule has 0 spiro atoms. The molecule has 9 heteroatoms. The van der Waals surface area contributed by atoms with E-state index < -0.39 is 5.82 Å². The number of aromatic amines is 1. The average molecular weight is 509 g/mol. The Balaban J connectivity index is 1.19. The highest BCUT2D eigenvalue weighted by molar-refractivity contribution is 6.33. The van der Waals surface area contributed by atoms with Crippen LogP contribution in [0.1, 0.15) is 55.7 Å². The fourth-order valence-electron chi connectivity index (χ4n) is 5.79. The summed E-state index contributed by atoms with van der Waals surface area (Å²) < 4.78 is 21.0. The summed E-state index contributed by atoms with van der Waals surface area (Å²) in [4.78, 5) is 33.7. The number of nitrogens with one attached hydrogen (secondary N) is 2. The summed E-state index contributed by atoms with van der Waals surface area (Å²) in [6.07, 6.45) is 10.2. The number of halogens is 2. The number of hydrogen-bond donors (Lipinski definition) is 2. The molecule has 3 aliphatic rings. The molecule has 4 heterocycles. The highest BCUT2D eigenvalue weighted by atomic mass is 35.5. The average Bonchev–Trinajstić information content (AvgIpc) is 3.48. The molecule has 1 aromatic carbocycles. The number of pyridine rings is 2. The van der Waals surface area contributed by atoms with Gasteiger partial charge in [0, 0.05) is 41.7 Å². The van der Waals surface area contributed by atoms with Gasteiger partial charge in [0.05, 0.1) is 16.8 Å². The Morgan fingerprint density at radius 2 is 2.00 bits per heavy atom. The van der Waals surface area contributed by atoms with Crippen molar-refractivity contribution < 1.29 is 13.9 Å². The molecule has 2 N–H and O–H groups in total. The molecule has 36 heavy (non-hydrogen) atoms. The molecule has 2 aromatic heterocycles. The van der Waals surface area contributed by atoms with Crippen molar-refractivity contribution in [3.63, 3.8) is 0 Å². The monoisotopic (exact) mass is 508 g/mol. The summed E-state index contributed by atoms with van der Waals surface area (Å²) in [6, 6.07) is 7.38. The number of carbonyl (C=O) groups is 1. The van der Waals surface area contributed by atoms with Crippen LogP contribution in [0.25, 0.3) is 11.1 Å². The summed E-state index contributed by atoms with van der Waals surface area (Å²) in [5.74, 6) is -0.0314. The Kier molecular flexibility index (Phi) is 5.91. The number of aromatic nitrogens is 2. The molecule has 2 amide bonds. The maximum Gasteiger partial charge on any atom is 0.322 e. The van der Waals surface area contributed by atoms with Crippen LogP contribution in [0.3, 0.4) is 0 Å². The maximum atomic E-state index is 15.1. The van der Waals surface area contributed by atoms with Crippen LogP contribution in [0.2, 0.25) is 5.02 Å². The number of hydrogen-bond acceptors (Lipinski definition) is 4. The van der Waals surface area contributed by atoms with E-state index in [1.54, 1.807) is 29.4 Å². The minimum absolute atomic E-state index is 0.0227. The zero-order chi connectivity index (χ0) is 24.8. The van der Waals surface area contributed by atoms with Gasteiger partial charge in [0.15, 0.2) is 0 Å². The zero-order valence-electron chi connectivity index (χ0n) is 19.6. The van der Waals surface area contributed by atoms with Crippen LogP contribution in [0.4, 0.5) is 14.9 Å². The van der Waals surface area contributed by atoms with Gasteiger partial charge in [-0.25, -0.2) is 14.2 Å². The molecule has 7 nitrogen and oxygen atoms in total. The fraction of sp³-hybridized carbons (Fsp3) is 0.370. The Bertz CT molecular complexity index is 1370. The number of anilines is 1. The van der Waals surface area contributed by atoms with Crippen molar-refractivity contribution in [1.82, 2.24) is 14.9 Å². The van der Waals surface area contributed by atoms with Crippen molar-refractivity contribution in [1.29, 1.82) is 0 Å². The molecule has 1 saturated carbocycles. The van der Waals surface area contributed by atoms with E-state index in [4.69, 9.17) is 16.3 Å². The molecule has 1 saturated heterocycles. The van der Waals surface area contributed by atoms with Gasteiger partial charge in [0.25, 0.3) is 0 Å². The van der Waals surface area contributed by atoms with Crippen LogP contribution in [-0.2, 0) is 6.42 Å². The van der Waals surface area contributed by atoms with Crippen LogP contribution in [0, 0.1) is 5.82 Å². The molecule has 3 aromatic rings. The summed E-state index contributed by atoms with van der Waals surface area (Å²) >= 11 is 6.51. The third kappa shape index (κ3) is 4.23. The predicted octanol–water partition coefficient (Wildman–Crippen LogP) is 5.84. The molecule has 186 valence electrons. The van der Waals surface area contributed by atoms with E-state index in [0.29, 0.717) is 28.5 Å². The molecule has 2 aliphatic heterocycles. The second-order valence-electron chi connectivity index (χ2n) is 9.79. The summed E-state index contributed by atoms with van der Waals surface area (Å²) in [5.41, 5.74) is 2.95. The summed E-state index contributed by atoms with van der Waals surface area (Å²) in [6.45, 7) is 0. The lowest BCUT2D eigenvalue weighted by atomic mass is 9.95. The maximum absolute atomic E-state index is 15.1.